The second-order valence-electron chi connectivity index (χ2n) is 4.51. The van der Waals surface area contributed by atoms with Gasteiger partial charge in [0.05, 0.1) is 13.0 Å². The predicted octanol–water partition coefficient (Wildman–Crippen LogP) is 0.540. The van der Waals surface area contributed by atoms with Crippen LogP contribution in [0.1, 0.15) is 26.2 Å². The quantitative estimate of drug-likeness (QED) is 0.683. The van der Waals surface area contributed by atoms with E-state index in [9.17, 15) is 14.4 Å². The Balaban J connectivity index is 2.52. The van der Waals surface area contributed by atoms with Crippen LogP contribution in [0.3, 0.4) is 0 Å². The van der Waals surface area contributed by atoms with Gasteiger partial charge in [-0.15, -0.1) is 0 Å². The molecule has 1 fully saturated rings. The smallest absolute Gasteiger partial charge is 0.325 e. The molecule has 7 nitrogen and oxygen atoms in total. The maximum absolute atomic E-state index is 12.1. The predicted molar refractivity (Wildman–Crippen MR) is 66.6 cm³/mol. The van der Waals surface area contributed by atoms with E-state index in [2.05, 4.69) is 0 Å². The summed E-state index contributed by atoms with van der Waals surface area (Å²) in [6.45, 7) is 2.04. The summed E-state index contributed by atoms with van der Waals surface area (Å²) in [7, 11) is 1.53. The van der Waals surface area contributed by atoms with Crippen LogP contribution < -0.4 is 0 Å². The number of ether oxygens (including phenoxy) is 1. The highest BCUT2D eigenvalue weighted by Crippen LogP contribution is 2.27. The van der Waals surface area contributed by atoms with Gasteiger partial charge in [-0.1, -0.05) is 0 Å². The van der Waals surface area contributed by atoms with E-state index in [1.807, 2.05) is 0 Å². The monoisotopic (exact) mass is 272 g/mol. The number of hydrogen-bond acceptors (Lipinski definition) is 4. The van der Waals surface area contributed by atoms with Crippen LogP contribution in [0.4, 0.5) is 4.79 Å². The lowest BCUT2D eigenvalue weighted by Gasteiger charge is -2.27. The summed E-state index contributed by atoms with van der Waals surface area (Å²) >= 11 is 0. The van der Waals surface area contributed by atoms with Gasteiger partial charge in [-0.25, -0.2) is 4.79 Å². The third kappa shape index (κ3) is 5.15. The van der Waals surface area contributed by atoms with Crippen molar-refractivity contribution in [2.75, 3.05) is 26.7 Å². The summed E-state index contributed by atoms with van der Waals surface area (Å²) in [5.41, 5.74) is 0. The number of hydrogen-bond donors (Lipinski definition) is 1. The highest BCUT2D eigenvalue weighted by Gasteiger charge is 2.35. The van der Waals surface area contributed by atoms with Crippen LogP contribution in [0.2, 0.25) is 0 Å². The van der Waals surface area contributed by atoms with E-state index in [0.29, 0.717) is 0 Å². The van der Waals surface area contributed by atoms with Gasteiger partial charge in [-0.2, -0.15) is 0 Å². The van der Waals surface area contributed by atoms with Crippen LogP contribution in [0.15, 0.2) is 0 Å². The highest BCUT2D eigenvalue weighted by molar-refractivity contribution is 5.81. The molecule has 1 rings (SSSR count). The third-order valence-corrected chi connectivity index (χ3v) is 2.83. The number of esters is 1. The van der Waals surface area contributed by atoms with Gasteiger partial charge in [0.25, 0.3) is 0 Å². The molecule has 0 aromatic rings. The van der Waals surface area contributed by atoms with Gasteiger partial charge in [0.15, 0.2) is 0 Å². The molecule has 1 N–H and O–H groups in total. The van der Waals surface area contributed by atoms with Gasteiger partial charge in [0, 0.05) is 19.6 Å². The molecule has 1 aliphatic carbocycles. The summed E-state index contributed by atoms with van der Waals surface area (Å²) in [6, 6.07) is -0.249. The van der Waals surface area contributed by atoms with Crippen molar-refractivity contribution in [2.45, 2.75) is 32.2 Å². The van der Waals surface area contributed by atoms with Crippen molar-refractivity contribution >= 4 is 18.0 Å². The molecular weight excluding hydrogens is 252 g/mol. The Labute approximate surface area is 112 Å². The maximum atomic E-state index is 12.1. The molecule has 0 unspecified atom stereocenters. The Hall–Kier alpha value is -1.79. The fraction of sp³-hybridized carbons (Fsp3) is 0.750. The second-order valence-corrected chi connectivity index (χ2v) is 4.51. The van der Waals surface area contributed by atoms with Gasteiger partial charge in [-0.3, -0.25) is 9.59 Å². The average molecular weight is 272 g/mol. The molecule has 0 aliphatic heterocycles. The minimum atomic E-state index is -0.956. The third-order valence-electron chi connectivity index (χ3n) is 2.83. The van der Waals surface area contributed by atoms with Crippen LogP contribution in [0, 0.1) is 0 Å². The molecule has 108 valence electrons. The molecule has 0 radical (unpaired) electrons. The van der Waals surface area contributed by atoms with Crippen molar-refractivity contribution in [3.63, 3.8) is 0 Å². The second kappa shape index (κ2) is 6.96. The van der Waals surface area contributed by atoms with E-state index in [-0.39, 0.29) is 38.2 Å². The first-order valence-corrected chi connectivity index (χ1v) is 6.34. The van der Waals surface area contributed by atoms with Crippen LogP contribution >= 0.6 is 0 Å². The Bertz CT molecular complexity index is 354. The topological polar surface area (TPSA) is 87.2 Å². The van der Waals surface area contributed by atoms with Crippen LogP contribution in [-0.4, -0.2) is 65.7 Å². The lowest BCUT2D eigenvalue weighted by atomic mass is 10.4. The minimum Gasteiger partial charge on any atom is -0.481 e. The molecule has 0 spiro atoms. The van der Waals surface area contributed by atoms with Crippen molar-refractivity contribution in [1.29, 1.82) is 0 Å². The van der Waals surface area contributed by atoms with Crippen molar-refractivity contribution < 1.29 is 24.2 Å². The Morgan fingerprint density at radius 1 is 1.32 bits per heavy atom. The number of aliphatic carboxylic acids is 1. The van der Waals surface area contributed by atoms with Gasteiger partial charge >= 0.3 is 18.0 Å². The first kappa shape index (κ1) is 15.3. The molecule has 0 saturated heterocycles. The molecule has 7 heteroatoms. The summed E-state index contributed by atoms with van der Waals surface area (Å²) < 4.78 is 4.83. The van der Waals surface area contributed by atoms with Gasteiger partial charge in [-0.05, 0) is 19.8 Å². The van der Waals surface area contributed by atoms with E-state index in [0.717, 1.165) is 12.8 Å². The summed E-state index contributed by atoms with van der Waals surface area (Å²) in [4.78, 5) is 36.8. The SMILES string of the molecule is CCOC(=O)CN(C(=O)N(C)CCC(=O)O)C1CC1. The number of carboxylic acid groups (broad SMARTS) is 1. The van der Waals surface area contributed by atoms with Crippen LogP contribution in [0.25, 0.3) is 0 Å². The van der Waals surface area contributed by atoms with Gasteiger partial charge in [0.2, 0.25) is 0 Å². The van der Waals surface area contributed by atoms with E-state index in [4.69, 9.17) is 9.84 Å². The van der Waals surface area contributed by atoms with E-state index in [1.54, 1.807) is 6.92 Å². The molecule has 0 bridgehead atoms. The summed E-state index contributed by atoms with van der Waals surface area (Å²) in [6.07, 6.45) is 1.63. The minimum absolute atomic E-state index is 0.0733. The Morgan fingerprint density at radius 2 is 1.95 bits per heavy atom. The molecule has 1 saturated carbocycles. The lowest BCUT2D eigenvalue weighted by molar-refractivity contribution is -0.144. The summed E-state index contributed by atoms with van der Waals surface area (Å²) in [5.74, 6) is -1.39. The number of carbonyl (C=O) groups is 3. The number of carboxylic acids is 1. The molecular formula is C12H20N2O5. The fourth-order valence-corrected chi connectivity index (χ4v) is 1.66. The van der Waals surface area contributed by atoms with Crippen molar-refractivity contribution in [1.82, 2.24) is 9.80 Å². The van der Waals surface area contributed by atoms with Crippen molar-refractivity contribution in [3.8, 4) is 0 Å². The highest BCUT2D eigenvalue weighted by atomic mass is 16.5. The van der Waals surface area contributed by atoms with Crippen LogP contribution in [-0.2, 0) is 14.3 Å². The lowest BCUT2D eigenvalue weighted by Crippen LogP contribution is -2.45. The maximum Gasteiger partial charge on any atom is 0.325 e. The molecule has 19 heavy (non-hydrogen) atoms. The number of rotatable bonds is 7. The van der Waals surface area contributed by atoms with E-state index in [1.165, 1.54) is 16.8 Å². The molecule has 2 amide bonds. The summed E-state index contributed by atoms with van der Waals surface area (Å²) in [5, 5.41) is 8.59. The van der Waals surface area contributed by atoms with Crippen LogP contribution in [0.5, 0.6) is 0 Å². The van der Waals surface area contributed by atoms with Gasteiger partial charge < -0.3 is 19.6 Å². The fourth-order valence-electron chi connectivity index (χ4n) is 1.66. The standard InChI is InChI=1S/C12H20N2O5/c1-3-19-11(17)8-14(9-4-5-9)12(18)13(2)7-6-10(15)16/h9H,3-8H2,1-2H3,(H,15,16). The van der Waals surface area contributed by atoms with E-state index < -0.39 is 11.9 Å². The molecule has 0 aromatic heterocycles. The normalized spacial score (nSPS) is 13.8. The van der Waals surface area contributed by atoms with Gasteiger partial charge in [0.1, 0.15) is 6.54 Å². The van der Waals surface area contributed by atoms with Crippen molar-refractivity contribution in [3.05, 3.63) is 0 Å². The number of urea groups is 1. The molecule has 0 aromatic carbocycles. The first-order chi connectivity index (χ1) is 8.95. The number of carbonyl (C=O) groups excluding carboxylic acids is 2. The molecule has 0 heterocycles. The Morgan fingerprint density at radius 3 is 2.42 bits per heavy atom. The molecule has 0 atom stereocenters. The zero-order chi connectivity index (χ0) is 14.4. The zero-order valence-corrected chi connectivity index (χ0v) is 11.3. The van der Waals surface area contributed by atoms with Crippen molar-refractivity contribution in [2.24, 2.45) is 0 Å². The number of amides is 2. The Kier molecular flexibility index (Phi) is 5.59. The number of nitrogens with zero attached hydrogens (tertiary/aromatic N) is 2. The first-order valence-electron chi connectivity index (χ1n) is 6.34. The zero-order valence-electron chi connectivity index (χ0n) is 11.3. The molecule has 1 aliphatic rings. The average Bonchev–Trinajstić information content (AvgIpc) is 3.16. The van der Waals surface area contributed by atoms with E-state index >= 15 is 0 Å². The largest absolute Gasteiger partial charge is 0.481 e.